The Morgan fingerprint density at radius 2 is 1.95 bits per heavy atom. The molecular weight excluding hydrogens is 245 g/mol. The van der Waals surface area contributed by atoms with Gasteiger partial charge in [-0.1, -0.05) is 12.1 Å². The fraction of sp³-hybridized carbons (Fsp3) is 0.286. The van der Waals surface area contributed by atoms with E-state index < -0.39 is 5.82 Å². The summed E-state index contributed by atoms with van der Waals surface area (Å²) >= 11 is 0. The van der Waals surface area contributed by atoms with Crippen LogP contribution in [-0.4, -0.2) is 16.0 Å². The highest BCUT2D eigenvalue weighted by Crippen LogP contribution is 2.21. The molecule has 0 amide bonds. The molecule has 0 saturated heterocycles. The van der Waals surface area contributed by atoms with E-state index in [-0.39, 0.29) is 11.8 Å². The average molecular weight is 259 g/mol. The Balaban J connectivity index is 1.63. The predicted molar refractivity (Wildman–Crippen MR) is 68.4 cm³/mol. The number of rotatable bonds is 5. The molecule has 3 rings (SSSR count). The van der Waals surface area contributed by atoms with Gasteiger partial charge >= 0.3 is 6.01 Å². The van der Waals surface area contributed by atoms with Gasteiger partial charge in [0.05, 0.1) is 0 Å². The van der Waals surface area contributed by atoms with Crippen molar-refractivity contribution in [2.75, 3.05) is 0 Å². The van der Waals surface area contributed by atoms with Crippen molar-refractivity contribution in [2.24, 2.45) is 0 Å². The fourth-order valence-electron chi connectivity index (χ4n) is 1.66. The molecule has 1 aromatic heterocycles. The second-order valence-corrected chi connectivity index (χ2v) is 4.56. The number of hydrogen-bond acceptors (Lipinski definition) is 4. The van der Waals surface area contributed by atoms with E-state index in [1.807, 2.05) is 0 Å². The van der Waals surface area contributed by atoms with E-state index in [1.165, 1.54) is 18.9 Å². The summed E-state index contributed by atoms with van der Waals surface area (Å²) in [5.41, 5.74) is 0.993. The lowest BCUT2D eigenvalue weighted by molar-refractivity contribution is 0.410. The summed E-state index contributed by atoms with van der Waals surface area (Å²) in [4.78, 5) is 8.15. The maximum atomic E-state index is 13.4. The number of aromatic nitrogens is 2. The van der Waals surface area contributed by atoms with Crippen LogP contribution in [0.5, 0.6) is 11.8 Å². The first-order valence-corrected chi connectivity index (χ1v) is 6.28. The molecule has 4 nitrogen and oxygen atoms in total. The van der Waals surface area contributed by atoms with E-state index in [0.29, 0.717) is 6.04 Å². The Bertz CT molecular complexity index is 555. The SMILES string of the molecule is Fc1ccccc1Oc1ncc(CNC2CC2)cn1. The minimum atomic E-state index is -0.425. The predicted octanol–water partition coefficient (Wildman–Crippen LogP) is 2.66. The summed E-state index contributed by atoms with van der Waals surface area (Å²) in [5, 5.41) is 3.37. The normalized spacial score (nSPS) is 14.4. The molecule has 0 atom stereocenters. The van der Waals surface area contributed by atoms with Crippen LogP contribution >= 0.6 is 0 Å². The lowest BCUT2D eigenvalue weighted by Crippen LogP contribution is -2.15. The molecule has 1 aliphatic carbocycles. The van der Waals surface area contributed by atoms with Crippen molar-refractivity contribution < 1.29 is 9.13 Å². The Kier molecular flexibility index (Phi) is 3.37. The van der Waals surface area contributed by atoms with E-state index in [9.17, 15) is 4.39 Å². The van der Waals surface area contributed by atoms with Crippen molar-refractivity contribution in [1.29, 1.82) is 0 Å². The average Bonchev–Trinajstić information content (AvgIpc) is 3.25. The summed E-state index contributed by atoms with van der Waals surface area (Å²) in [5.74, 6) is -0.295. The van der Waals surface area contributed by atoms with Crippen molar-refractivity contribution >= 4 is 0 Å². The third kappa shape index (κ3) is 3.26. The van der Waals surface area contributed by atoms with Crippen LogP contribution < -0.4 is 10.1 Å². The molecule has 0 radical (unpaired) electrons. The molecule has 0 unspecified atom stereocenters. The number of benzene rings is 1. The molecule has 1 aromatic carbocycles. The highest BCUT2D eigenvalue weighted by atomic mass is 19.1. The van der Waals surface area contributed by atoms with Crippen LogP contribution in [0.3, 0.4) is 0 Å². The molecule has 2 aromatic rings. The fourth-order valence-corrected chi connectivity index (χ4v) is 1.66. The van der Waals surface area contributed by atoms with Gasteiger partial charge in [0.2, 0.25) is 0 Å². The molecule has 5 heteroatoms. The first-order valence-electron chi connectivity index (χ1n) is 6.28. The molecular formula is C14H14FN3O. The maximum Gasteiger partial charge on any atom is 0.321 e. The summed E-state index contributed by atoms with van der Waals surface area (Å²) in [6.45, 7) is 0.755. The zero-order valence-electron chi connectivity index (χ0n) is 10.3. The lowest BCUT2D eigenvalue weighted by atomic mass is 10.3. The van der Waals surface area contributed by atoms with Crippen LogP contribution in [0, 0.1) is 5.82 Å². The Labute approximate surface area is 110 Å². The molecule has 1 heterocycles. The van der Waals surface area contributed by atoms with Crippen LogP contribution in [0.4, 0.5) is 4.39 Å². The van der Waals surface area contributed by atoms with Gasteiger partial charge in [0.15, 0.2) is 11.6 Å². The molecule has 0 aliphatic heterocycles. The third-order valence-electron chi connectivity index (χ3n) is 2.89. The van der Waals surface area contributed by atoms with Crippen molar-refractivity contribution in [1.82, 2.24) is 15.3 Å². The van der Waals surface area contributed by atoms with Gasteiger partial charge in [0.1, 0.15) is 0 Å². The number of halogens is 1. The van der Waals surface area contributed by atoms with Gasteiger partial charge in [-0.15, -0.1) is 0 Å². The summed E-state index contributed by atoms with van der Waals surface area (Å²) < 4.78 is 18.7. The topological polar surface area (TPSA) is 47.0 Å². The highest BCUT2D eigenvalue weighted by Gasteiger charge is 2.20. The minimum Gasteiger partial charge on any atom is -0.421 e. The summed E-state index contributed by atoms with van der Waals surface area (Å²) in [7, 11) is 0. The summed E-state index contributed by atoms with van der Waals surface area (Å²) in [6.07, 6.45) is 5.88. The molecule has 0 bridgehead atoms. The van der Waals surface area contributed by atoms with Gasteiger partial charge in [0.25, 0.3) is 0 Å². The zero-order valence-corrected chi connectivity index (χ0v) is 10.3. The monoisotopic (exact) mass is 259 g/mol. The first kappa shape index (κ1) is 12.0. The van der Waals surface area contributed by atoms with Gasteiger partial charge in [-0.25, -0.2) is 14.4 Å². The summed E-state index contributed by atoms with van der Waals surface area (Å²) in [6, 6.07) is 6.99. The largest absolute Gasteiger partial charge is 0.421 e. The lowest BCUT2D eigenvalue weighted by Gasteiger charge is -2.05. The van der Waals surface area contributed by atoms with E-state index >= 15 is 0 Å². The van der Waals surface area contributed by atoms with Crippen LogP contribution in [0.1, 0.15) is 18.4 Å². The highest BCUT2D eigenvalue weighted by molar-refractivity contribution is 5.26. The van der Waals surface area contributed by atoms with Gasteiger partial charge < -0.3 is 10.1 Å². The van der Waals surface area contributed by atoms with Gasteiger partial charge in [-0.05, 0) is 25.0 Å². The molecule has 1 fully saturated rings. The van der Waals surface area contributed by atoms with Crippen LogP contribution in [0.15, 0.2) is 36.7 Å². The Morgan fingerprint density at radius 3 is 2.63 bits per heavy atom. The van der Waals surface area contributed by atoms with Gasteiger partial charge in [-0.3, -0.25) is 0 Å². The number of ether oxygens (including phenoxy) is 1. The van der Waals surface area contributed by atoms with Gasteiger partial charge in [-0.2, -0.15) is 0 Å². The molecule has 0 spiro atoms. The molecule has 1 aliphatic rings. The van der Waals surface area contributed by atoms with Crippen LogP contribution in [0.2, 0.25) is 0 Å². The van der Waals surface area contributed by atoms with Crippen LogP contribution in [-0.2, 0) is 6.54 Å². The Hall–Kier alpha value is -2.01. The van der Waals surface area contributed by atoms with Crippen molar-refractivity contribution in [3.63, 3.8) is 0 Å². The third-order valence-corrected chi connectivity index (χ3v) is 2.89. The minimum absolute atomic E-state index is 0.131. The smallest absolute Gasteiger partial charge is 0.321 e. The quantitative estimate of drug-likeness (QED) is 0.896. The molecule has 98 valence electrons. The second-order valence-electron chi connectivity index (χ2n) is 4.56. The Morgan fingerprint density at radius 1 is 1.21 bits per heavy atom. The van der Waals surface area contributed by atoms with E-state index in [1.54, 1.807) is 30.6 Å². The molecule has 1 N–H and O–H groups in total. The van der Waals surface area contributed by atoms with Crippen molar-refractivity contribution in [3.8, 4) is 11.8 Å². The first-order chi connectivity index (χ1) is 9.31. The van der Waals surface area contributed by atoms with Crippen molar-refractivity contribution in [2.45, 2.75) is 25.4 Å². The van der Waals surface area contributed by atoms with Crippen molar-refractivity contribution in [3.05, 3.63) is 48.0 Å². The van der Waals surface area contributed by atoms with E-state index in [2.05, 4.69) is 15.3 Å². The maximum absolute atomic E-state index is 13.4. The van der Waals surface area contributed by atoms with Gasteiger partial charge in [0, 0.05) is 30.5 Å². The molecule has 1 saturated carbocycles. The van der Waals surface area contributed by atoms with E-state index in [4.69, 9.17) is 4.74 Å². The van der Waals surface area contributed by atoms with E-state index in [0.717, 1.165) is 12.1 Å². The zero-order chi connectivity index (χ0) is 13.1. The second kappa shape index (κ2) is 5.32. The number of hydrogen-bond donors (Lipinski definition) is 1. The standard InChI is InChI=1S/C14H14FN3O/c15-12-3-1-2-4-13(12)19-14-17-8-10(9-18-14)7-16-11-5-6-11/h1-4,8-9,11,16H,5-7H2. The number of nitrogens with zero attached hydrogens (tertiary/aromatic N) is 2. The number of nitrogens with one attached hydrogen (secondary N) is 1. The van der Waals surface area contributed by atoms with Crippen LogP contribution in [0.25, 0.3) is 0 Å². The number of para-hydroxylation sites is 1. The molecule has 19 heavy (non-hydrogen) atoms.